The average molecular weight is 511 g/mol. The molecule has 2 heterocycles. The molecule has 1 aliphatic carbocycles. The monoisotopic (exact) mass is 510 g/mol. The molecular formula is C29H36F2N4O2. The first kappa shape index (κ1) is 25.6. The number of methoxy groups -OCH3 is 1. The van der Waals surface area contributed by atoms with Crippen LogP contribution in [0.15, 0.2) is 30.3 Å². The third-order valence-electron chi connectivity index (χ3n) is 8.03. The topological polar surface area (TPSA) is 59.5 Å². The number of aromatic nitrogens is 2. The van der Waals surface area contributed by atoms with Gasteiger partial charge >= 0.3 is 0 Å². The molecule has 1 saturated carbocycles. The van der Waals surface area contributed by atoms with E-state index < -0.39 is 5.92 Å². The Kier molecular flexibility index (Phi) is 6.51. The van der Waals surface area contributed by atoms with E-state index in [4.69, 9.17) is 9.47 Å². The molecule has 37 heavy (non-hydrogen) atoms. The number of halogens is 2. The number of likely N-dealkylation sites (N-methyl/N-ethyl adjacent to an activating group) is 1. The van der Waals surface area contributed by atoms with Gasteiger partial charge in [0.1, 0.15) is 18.2 Å². The number of likely N-dealkylation sites (tertiary alicyclic amines) is 1. The molecule has 5 rings (SSSR count). The molecule has 8 heteroatoms. The first-order valence-corrected chi connectivity index (χ1v) is 12.9. The van der Waals surface area contributed by atoms with E-state index in [9.17, 15) is 8.78 Å². The number of nitrogens with zero attached hydrogens (tertiary/aromatic N) is 3. The molecule has 1 aliphatic heterocycles. The number of ether oxygens (including phenoxy) is 2. The van der Waals surface area contributed by atoms with Gasteiger partial charge in [0.2, 0.25) is 0 Å². The fraction of sp³-hybridized carbons (Fsp3) is 0.517. The average Bonchev–Trinajstić information content (AvgIpc) is 3.50. The van der Waals surface area contributed by atoms with Crippen LogP contribution in [-0.2, 0) is 5.92 Å². The third kappa shape index (κ3) is 5.08. The number of anilines is 1. The van der Waals surface area contributed by atoms with Gasteiger partial charge in [0, 0.05) is 36.5 Å². The zero-order valence-electron chi connectivity index (χ0n) is 22.5. The fourth-order valence-electron chi connectivity index (χ4n) is 5.81. The van der Waals surface area contributed by atoms with Crippen LogP contribution in [0, 0.1) is 19.3 Å². The van der Waals surface area contributed by atoms with E-state index in [1.165, 1.54) is 25.3 Å². The summed E-state index contributed by atoms with van der Waals surface area (Å²) in [6.45, 7) is 8.18. The molecule has 1 aromatic heterocycles. The van der Waals surface area contributed by atoms with Crippen molar-refractivity contribution in [2.75, 3.05) is 32.6 Å². The van der Waals surface area contributed by atoms with Crippen molar-refractivity contribution in [2.45, 2.75) is 65.0 Å². The van der Waals surface area contributed by atoms with Crippen LogP contribution in [0.2, 0.25) is 0 Å². The zero-order chi connectivity index (χ0) is 26.5. The predicted octanol–water partition coefficient (Wildman–Crippen LogP) is 6.40. The van der Waals surface area contributed by atoms with Crippen molar-refractivity contribution in [3.63, 3.8) is 0 Å². The van der Waals surface area contributed by atoms with E-state index in [0.29, 0.717) is 46.8 Å². The minimum absolute atomic E-state index is 0.0349. The highest BCUT2D eigenvalue weighted by atomic mass is 19.3. The molecule has 6 nitrogen and oxygen atoms in total. The van der Waals surface area contributed by atoms with E-state index >= 15 is 0 Å². The molecule has 2 fully saturated rings. The quantitative estimate of drug-likeness (QED) is 0.378. The van der Waals surface area contributed by atoms with Crippen LogP contribution in [0.25, 0.3) is 10.9 Å². The molecule has 2 atom stereocenters. The van der Waals surface area contributed by atoms with Gasteiger partial charge in [-0.15, -0.1) is 0 Å². The predicted molar refractivity (Wildman–Crippen MR) is 142 cm³/mol. The summed E-state index contributed by atoms with van der Waals surface area (Å²) in [7, 11) is 3.80. The Morgan fingerprint density at radius 2 is 1.95 bits per heavy atom. The second kappa shape index (κ2) is 9.39. The van der Waals surface area contributed by atoms with Gasteiger partial charge in [-0.25, -0.2) is 18.7 Å². The van der Waals surface area contributed by atoms with Crippen LogP contribution >= 0.6 is 0 Å². The van der Waals surface area contributed by atoms with Crippen LogP contribution in [0.1, 0.15) is 61.7 Å². The van der Waals surface area contributed by atoms with Crippen molar-refractivity contribution < 1.29 is 18.3 Å². The zero-order valence-corrected chi connectivity index (χ0v) is 22.5. The Hall–Kier alpha value is -3.00. The number of hydrogen-bond donors (Lipinski definition) is 1. The lowest BCUT2D eigenvalue weighted by atomic mass is 9.94. The molecule has 0 amide bonds. The SMILES string of the molecule is COc1cc2nc(C)nc(N[C@H](C)c3cccc(C(C)(F)F)c3C)c2cc1OC[C@@H]1CC2(CC2)CN1C. The van der Waals surface area contributed by atoms with Crippen molar-refractivity contribution in [1.29, 1.82) is 0 Å². The van der Waals surface area contributed by atoms with Crippen LogP contribution < -0.4 is 14.8 Å². The van der Waals surface area contributed by atoms with E-state index in [1.54, 1.807) is 20.1 Å². The molecule has 1 N–H and O–H groups in total. The summed E-state index contributed by atoms with van der Waals surface area (Å²) in [6.07, 6.45) is 3.80. The summed E-state index contributed by atoms with van der Waals surface area (Å²) in [5.41, 5.74) is 2.64. The van der Waals surface area contributed by atoms with Crippen molar-refractivity contribution >= 4 is 16.7 Å². The summed E-state index contributed by atoms with van der Waals surface area (Å²) >= 11 is 0. The number of rotatable bonds is 8. The minimum Gasteiger partial charge on any atom is -0.493 e. The first-order chi connectivity index (χ1) is 17.5. The van der Waals surface area contributed by atoms with Gasteiger partial charge in [-0.3, -0.25) is 4.90 Å². The minimum atomic E-state index is -2.91. The van der Waals surface area contributed by atoms with E-state index in [2.05, 4.69) is 27.2 Å². The maximum atomic E-state index is 14.1. The van der Waals surface area contributed by atoms with Gasteiger partial charge in [-0.2, -0.15) is 0 Å². The highest BCUT2D eigenvalue weighted by Crippen LogP contribution is 2.54. The number of aryl methyl sites for hydroxylation is 1. The van der Waals surface area contributed by atoms with Crippen molar-refractivity contribution in [3.05, 3.63) is 52.8 Å². The Morgan fingerprint density at radius 1 is 1.19 bits per heavy atom. The second-order valence-corrected chi connectivity index (χ2v) is 11.0. The van der Waals surface area contributed by atoms with Crippen LogP contribution in [0.3, 0.4) is 0 Å². The summed E-state index contributed by atoms with van der Waals surface area (Å²) in [6, 6.07) is 8.96. The van der Waals surface area contributed by atoms with Crippen molar-refractivity contribution in [3.8, 4) is 11.5 Å². The van der Waals surface area contributed by atoms with Gasteiger partial charge in [-0.1, -0.05) is 18.2 Å². The smallest absolute Gasteiger partial charge is 0.270 e. The van der Waals surface area contributed by atoms with Crippen molar-refractivity contribution in [2.24, 2.45) is 5.41 Å². The maximum Gasteiger partial charge on any atom is 0.270 e. The number of nitrogens with one attached hydrogen (secondary N) is 1. The molecule has 0 bridgehead atoms. The summed E-state index contributed by atoms with van der Waals surface area (Å²) in [4.78, 5) is 11.7. The fourth-order valence-corrected chi connectivity index (χ4v) is 5.81. The van der Waals surface area contributed by atoms with Gasteiger partial charge in [0.25, 0.3) is 5.92 Å². The van der Waals surface area contributed by atoms with E-state index in [-0.39, 0.29) is 11.6 Å². The molecule has 1 saturated heterocycles. The Labute approximate surface area is 217 Å². The maximum absolute atomic E-state index is 14.1. The van der Waals surface area contributed by atoms with Crippen LogP contribution in [0.5, 0.6) is 11.5 Å². The number of hydrogen-bond acceptors (Lipinski definition) is 6. The third-order valence-corrected chi connectivity index (χ3v) is 8.03. The number of alkyl halides is 2. The lowest BCUT2D eigenvalue weighted by Crippen LogP contribution is -2.30. The lowest BCUT2D eigenvalue weighted by molar-refractivity contribution is 0.0167. The summed E-state index contributed by atoms with van der Waals surface area (Å²) in [5, 5.41) is 4.24. The van der Waals surface area contributed by atoms with Crippen LogP contribution in [0.4, 0.5) is 14.6 Å². The highest BCUT2D eigenvalue weighted by Gasteiger charge is 2.50. The molecule has 1 spiro atoms. The molecule has 2 aromatic carbocycles. The Bertz CT molecular complexity index is 1320. The Balaban J connectivity index is 1.44. The molecule has 0 unspecified atom stereocenters. The van der Waals surface area contributed by atoms with E-state index in [1.807, 2.05) is 32.0 Å². The van der Waals surface area contributed by atoms with Crippen molar-refractivity contribution in [1.82, 2.24) is 14.9 Å². The van der Waals surface area contributed by atoms with Gasteiger partial charge in [0.05, 0.1) is 18.7 Å². The molecule has 2 aliphatic rings. The van der Waals surface area contributed by atoms with Gasteiger partial charge < -0.3 is 14.8 Å². The largest absolute Gasteiger partial charge is 0.493 e. The lowest BCUT2D eigenvalue weighted by Gasteiger charge is -2.23. The normalized spacial score (nSPS) is 19.8. The van der Waals surface area contributed by atoms with E-state index in [0.717, 1.165) is 29.9 Å². The summed E-state index contributed by atoms with van der Waals surface area (Å²) in [5.74, 6) is -0.406. The first-order valence-electron chi connectivity index (χ1n) is 12.9. The molecule has 3 aromatic rings. The van der Waals surface area contributed by atoms with Gasteiger partial charge in [0.15, 0.2) is 11.5 Å². The molecule has 0 radical (unpaired) electrons. The Morgan fingerprint density at radius 3 is 2.59 bits per heavy atom. The summed E-state index contributed by atoms with van der Waals surface area (Å²) < 4.78 is 40.3. The second-order valence-electron chi connectivity index (χ2n) is 11.0. The molecule has 198 valence electrons. The molecular weight excluding hydrogens is 474 g/mol. The van der Waals surface area contributed by atoms with Gasteiger partial charge in [-0.05, 0) is 69.7 Å². The number of benzene rings is 2. The number of fused-ring (bicyclic) bond motifs is 1. The van der Waals surface area contributed by atoms with Crippen LogP contribution in [-0.4, -0.2) is 48.2 Å². The highest BCUT2D eigenvalue weighted by molar-refractivity contribution is 5.92. The standard InChI is InChI=1S/C29H36F2N4O2/c1-17-21(8-7-9-23(17)28(4,30)31)18(2)32-27-22-12-26(25(36-6)13-24(22)33-19(3)34-27)37-15-20-14-29(10-11-29)16-35(20)5/h7-9,12-13,18,20H,10-11,14-16H2,1-6H3,(H,32,33,34)/t18-,20+/m1/s1.